The van der Waals surface area contributed by atoms with Gasteiger partial charge < -0.3 is 4.90 Å². The van der Waals surface area contributed by atoms with E-state index >= 15 is 0 Å². The van der Waals surface area contributed by atoms with Crippen LogP contribution in [0.15, 0.2) is 29.2 Å². The fraction of sp³-hybridized carbons (Fsp3) is 0.533. The van der Waals surface area contributed by atoms with Crippen molar-refractivity contribution in [1.82, 2.24) is 4.90 Å². The Morgan fingerprint density at radius 2 is 1.67 bits per heavy atom. The van der Waals surface area contributed by atoms with Crippen LogP contribution in [0.5, 0.6) is 0 Å². The summed E-state index contributed by atoms with van der Waals surface area (Å²) in [4.78, 5) is 15.4. The molecule has 2 nitrogen and oxygen atoms in total. The summed E-state index contributed by atoms with van der Waals surface area (Å²) in [5.41, 5.74) is 0.752. The van der Waals surface area contributed by atoms with Crippen LogP contribution in [0.4, 0.5) is 0 Å². The minimum atomic E-state index is 0.166. The number of benzene rings is 1. The minimum Gasteiger partial charge on any atom is -0.338 e. The van der Waals surface area contributed by atoms with E-state index in [1.54, 1.807) is 0 Å². The third-order valence-corrected chi connectivity index (χ3v) is 4.16. The number of carbonyl (C=O) groups is 1. The second-order valence-electron chi connectivity index (χ2n) is 5.61. The number of amides is 1. The topological polar surface area (TPSA) is 20.3 Å². The average molecular weight is 261 g/mol. The predicted molar refractivity (Wildman–Crippen MR) is 75.0 cm³/mol. The summed E-state index contributed by atoms with van der Waals surface area (Å²) in [5.74, 6) is 1.67. The van der Waals surface area contributed by atoms with Crippen molar-refractivity contribution in [1.29, 1.82) is 0 Å². The monoisotopic (exact) mass is 261 g/mol. The molecule has 1 aromatic carbocycles. The van der Waals surface area contributed by atoms with E-state index in [9.17, 15) is 4.79 Å². The lowest BCUT2D eigenvalue weighted by molar-refractivity contribution is 0.0736. The van der Waals surface area contributed by atoms with Crippen LogP contribution < -0.4 is 0 Å². The lowest BCUT2D eigenvalue weighted by atomic mass is 10.1. The van der Waals surface area contributed by atoms with E-state index in [-0.39, 0.29) is 5.91 Å². The van der Waals surface area contributed by atoms with Gasteiger partial charge in [-0.05, 0) is 49.7 Å². The molecule has 3 heteroatoms. The van der Waals surface area contributed by atoms with Crippen molar-refractivity contribution < 1.29 is 4.79 Å². The van der Waals surface area contributed by atoms with Crippen molar-refractivity contribution in [3.8, 4) is 0 Å². The molecule has 2 aliphatic carbocycles. The third-order valence-electron chi connectivity index (χ3n) is 3.77. The third kappa shape index (κ3) is 2.89. The molecule has 1 amide bonds. The van der Waals surface area contributed by atoms with Gasteiger partial charge in [0.1, 0.15) is 0 Å². The highest BCUT2D eigenvalue weighted by Gasteiger charge is 2.32. The van der Waals surface area contributed by atoms with E-state index in [0.717, 1.165) is 35.4 Å². The lowest BCUT2D eigenvalue weighted by Gasteiger charge is -2.23. The Morgan fingerprint density at radius 1 is 1.11 bits per heavy atom. The Hall–Kier alpha value is -0.960. The summed E-state index contributed by atoms with van der Waals surface area (Å²) in [6.45, 7) is 1.88. The molecule has 0 N–H and O–H groups in total. The molecule has 0 heterocycles. The van der Waals surface area contributed by atoms with E-state index in [2.05, 4.69) is 17.5 Å². The predicted octanol–water partition coefficient (Wildman–Crippen LogP) is 3.24. The smallest absolute Gasteiger partial charge is 0.254 e. The molecule has 0 bridgehead atoms. The molecule has 0 unspecified atom stereocenters. The Bertz CT molecular complexity index is 438. The van der Waals surface area contributed by atoms with Crippen LogP contribution in [0.3, 0.4) is 0 Å². The summed E-state index contributed by atoms with van der Waals surface area (Å²) in [6.07, 6.45) is 5.15. The molecule has 0 saturated heterocycles. The zero-order chi connectivity index (χ0) is 12.5. The second-order valence-corrected chi connectivity index (χ2v) is 6.10. The number of hydrogen-bond acceptors (Lipinski definition) is 2. The Labute approximate surface area is 114 Å². The first-order chi connectivity index (χ1) is 8.74. The Balaban J connectivity index is 1.75. The van der Waals surface area contributed by atoms with Gasteiger partial charge in [-0.1, -0.05) is 12.1 Å². The zero-order valence-corrected chi connectivity index (χ0v) is 11.4. The van der Waals surface area contributed by atoms with Gasteiger partial charge >= 0.3 is 0 Å². The number of nitrogens with zero attached hydrogens (tertiary/aromatic N) is 1. The first-order valence-corrected chi connectivity index (χ1v) is 7.26. The van der Waals surface area contributed by atoms with E-state index in [0.29, 0.717) is 0 Å². The maximum atomic E-state index is 12.6. The maximum Gasteiger partial charge on any atom is 0.254 e. The van der Waals surface area contributed by atoms with Gasteiger partial charge in [0.15, 0.2) is 0 Å². The SMILES string of the molecule is O=C(c1ccccc1S)N(CC1CC1)CC1CC1. The van der Waals surface area contributed by atoms with Gasteiger partial charge in [-0.15, -0.1) is 12.6 Å². The highest BCUT2D eigenvalue weighted by molar-refractivity contribution is 7.80. The maximum absolute atomic E-state index is 12.6. The highest BCUT2D eigenvalue weighted by Crippen LogP contribution is 2.34. The molecule has 0 atom stereocenters. The summed E-state index contributed by atoms with van der Waals surface area (Å²) in [6, 6.07) is 7.62. The van der Waals surface area contributed by atoms with Crippen molar-refractivity contribution in [3.63, 3.8) is 0 Å². The van der Waals surface area contributed by atoms with Gasteiger partial charge in [0.2, 0.25) is 0 Å². The second kappa shape index (κ2) is 4.96. The summed E-state index contributed by atoms with van der Waals surface area (Å²) < 4.78 is 0. The van der Waals surface area contributed by atoms with Crippen LogP contribution in [0.1, 0.15) is 36.0 Å². The average Bonchev–Trinajstić information content (AvgIpc) is 3.23. The first-order valence-electron chi connectivity index (χ1n) is 6.81. The van der Waals surface area contributed by atoms with Crippen molar-refractivity contribution in [3.05, 3.63) is 29.8 Å². The normalized spacial score (nSPS) is 18.7. The lowest BCUT2D eigenvalue weighted by Crippen LogP contribution is -2.35. The van der Waals surface area contributed by atoms with Gasteiger partial charge in [-0.2, -0.15) is 0 Å². The Kier molecular flexibility index (Phi) is 3.33. The van der Waals surface area contributed by atoms with Crippen LogP contribution >= 0.6 is 12.6 Å². The largest absolute Gasteiger partial charge is 0.338 e. The van der Waals surface area contributed by atoms with Crippen LogP contribution in [-0.2, 0) is 0 Å². The molecule has 3 rings (SSSR count). The highest BCUT2D eigenvalue weighted by atomic mass is 32.1. The summed E-state index contributed by atoms with van der Waals surface area (Å²) in [7, 11) is 0. The van der Waals surface area contributed by atoms with Crippen molar-refractivity contribution in [2.75, 3.05) is 13.1 Å². The molecular formula is C15H19NOS. The molecule has 0 aromatic heterocycles. The molecule has 2 fully saturated rings. The number of rotatable bonds is 5. The van der Waals surface area contributed by atoms with Gasteiger partial charge in [-0.25, -0.2) is 0 Å². The van der Waals surface area contributed by atoms with E-state index < -0.39 is 0 Å². The Morgan fingerprint density at radius 3 is 2.17 bits per heavy atom. The van der Waals surface area contributed by atoms with Crippen LogP contribution in [-0.4, -0.2) is 23.9 Å². The molecule has 0 aliphatic heterocycles. The van der Waals surface area contributed by atoms with Crippen molar-refractivity contribution in [2.45, 2.75) is 30.6 Å². The van der Waals surface area contributed by atoms with Gasteiger partial charge in [0.25, 0.3) is 5.91 Å². The van der Waals surface area contributed by atoms with E-state index in [1.807, 2.05) is 24.3 Å². The van der Waals surface area contributed by atoms with Crippen molar-refractivity contribution in [2.24, 2.45) is 11.8 Å². The summed E-state index contributed by atoms with van der Waals surface area (Å²) in [5, 5.41) is 0. The van der Waals surface area contributed by atoms with Crippen LogP contribution in [0.2, 0.25) is 0 Å². The van der Waals surface area contributed by atoms with Gasteiger partial charge in [-0.3, -0.25) is 4.79 Å². The van der Waals surface area contributed by atoms with Gasteiger partial charge in [0, 0.05) is 18.0 Å². The fourth-order valence-corrected chi connectivity index (χ4v) is 2.55. The van der Waals surface area contributed by atoms with Gasteiger partial charge in [0.05, 0.1) is 5.56 Å². The molecule has 2 saturated carbocycles. The van der Waals surface area contributed by atoms with E-state index in [4.69, 9.17) is 0 Å². The molecule has 18 heavy (non-hydrogen) atoms. The van der Waals surface area contributed by atoms with E-state index in [1.165, 1.54) is 25.7 Å². The molecule has 1 aromatic rings. The molecular weight excluding hydrogens is 242 g/mol. The summed E-state index contributed by atoms with van der Waals surface area (Å²) >= 11 is 4.40. The first kappa shape index (κ1) is 12.1. The number of hydrogen-bond donors (Lipinski definition) is 1. The molecule has 2 aliphatic rings. The molecule has 0 radical (unpaired) electrons. The number of thiol groups is 1. The quantitative estimate of drug-likeness (QED) is 0.807. The number of carbonyl (C=O) groups excluding carboxylic acids is 1. The minimum absolute atomic E-state index is 0.166. The molecule has 0 spiro atoms. The van der Waals surface area contributed by atoms with Crippen LogP contribution in [0.25, 0.3) is 0 Å². The molecule has 96 valence electrons. The van der Waals surface area contributed by atoms with Crippen molar-refractivity contribution >= 4 is 18.5 Å². The zero-order valence-electron chi connectivity index (χ0n) is 10.5. The van der Waals surface area contributed by atoms with Crippen LogP contribution in [0, 0.1) is 11.8 Å². The standard InChI is InChI=1S/C15H19NOS/c17-15(13-3-1-2-4-14(13)18)16(9-11-5-6-11)10-12-7-8-12/h1-4,11-12,18H,5-10H2. The fourth-order valence-electron chi connectivity index (χ4n) is 2.29.